The first-order valence-electron chi connectivity index (χ1n) is 5.59. The molecule has 0 saturated heterocycles. The lowest BCUT2D eigenvalue weighted by molar-refractivity contribution is -0.128. The van der Waals surface area contributed by atoms with Gasteiger partial charge in [0.2, 0.25) is 5.91 Å². The lowest BCUT2D eigenvalue weighted by Crippen LogP contribution is -2.34. The van der Waals surface area contributed by atoms with Crippen LogP contribution >= 0.6 is 23.5 Å². The van der Waals surface area contributed by atoms with E-state index in [1.165, 1.54) is 11.8 Å². The predicted octanol–water partition coefficient (Wildman–Crippen LogP) is 1.48. The summed E-state index contributed by atoms with van der Waals surface area (Å²) in [6, 6.07) is 4.03. The summed E-state index contributed by atoms with van der Waals surface area (Å²) >= 11 is 3.11. The summed E-state index contributed by atoms with van der Waals surface area (Å²) in [6.45, 7) is 1.63. The second kappa shape index (κ2) is 8.84. The van der Waals surface area contributed by atoms with E-state index in [1.807, 2.05) is 12.1 Å². The van der Waals surface area contributed by atoms with Crippen molar-refractivity contribution in [3.63, 3.8) is 0 Å². The van der Waals surface area contributed by atoms with Crippen LogP contribution in [0.3, 0.4) is 0 Å². The molecule has 0 N–H and O–H groups in total. The van der Waals surface area contributed by atoms with E-state index in [0.717, 1.165) is 16.7 Å². The maximum Gasteiger partial charge on any atom is 0.233 e. The Bertz CT molecular complexity index is 379. The van der Waals surface area contributed by atoms with Crippen molar-refractivity contribution >= 4 is 33.8 Å². The monoisotopic (exact) mass is 282 g/mol. The van der Waals surface area contributed by atoms with Gasteiger partial charge < -0.3 is 4.90 Å². The third-order valence-electron chi connectivity index (χ3n) is 2.22. The molecule has 0 aromatic rings. The topological polar surface area (TPSA) is 80.2 Å². The minimum Gasteiger partial charge on any atom is -0.340 e. The van der Waals surface area contributed by atoms with Gasteiger partial charge in [0.15, 0.2) is 0 Å². The molecular weight excluding hydrogens is 268 g/mol. The van der Waals surface area contributed by atoms with Gasteiger partial charge in [0.05, 0.1) is 37.3 Å². The number of amides is 1. The zero-order valence-electron chi connectivity index (χ0n) is 9.96. The minimum atomic E-state index is -0.0271. The van der Waals surface area contributed by atoms with Crippen LogP contribution in [0.15, 0.2) is 4.99 Å². The Hall–Kier alpha value is -1.18. The van der Waals surface area contributed by atoms with Gasteiger partial charge in [-0.2, -0.15) is 10.5 Å². The number of thioether (sulfide) groups is 2. The zero-order valence-corrected chi connectivity index (χ0v) is 11.6. The van der Waals surface area contributed by atoms with Crippen LogP contribution in [0.5, 0.6) is 0 Å². The molecule has 0 atom stereocenters. The maximum absolute atomic E-state index is 11.9. The summed E-state index contributed by atoms with van der Waals surface area (Å²) in [6.07, 6.45) is 0.606. The van der Waals surface area contributed by atoms with Gasteiger partial charge in [0.1, 0.15) is 4.38 Å². The van der Waals surface area contributed by atoms with Gasteiger partial charge in [-0.05, 0) is 0 Å². The predicted molar refractivity (Wildman–Crippen MR) is 74.3 cm³/mol. The number of aliphatic imine (C=N–C) groups is 1. The molecule has 1 amide bonds. The van der Waals surface area contributed by atoms with E-state index in [2.05, 4.69) is 4.99 Å². The number of rotatable bonds is 6. The van der Waals surface area contributed by atoms with Crippen molar-refractivity contribution in [3.05, 3.63) is 0 Å². The van der Waals surface area contributed by atoms with Gasteiger partial charge >= 0.3 is 0 Å². The van der Waals surface area contributed by atoms with Gasteiger partial charge in [-0.25, -0.2) is 0 Å². The molecule has 18 heavy (non-hydrogen) atoms. The first-order valence-corrected chi connectivity index (χ1v) is 7.56. The van der Waals surface area contributed by atoms with Crippen molar-refractivity contribution in [3.8, 4) is 12.1 Å². The maximum atomic E-state index is 11.9. The molecular formula is C11H14N4OS2. The normalized spacial score (nSPS) is 13.6. The summed E-state index contributed by atoms with van der Waals surface area (Å²) in [5, 5.41) is 17.1. The van der Waals surface area contributed by atoms with E-state index in [9.17, 15) is 4.79 Å². The number of hydrogen-bond donors (Lipinski definition) is 0. The van der Waals surface area contributed by atoms with Crippen LogP contribution in [0, 0.1) is 22.7 Å². The highest BCUT2D eigenvalue weighted by atomic mass is 32.2. The largest absolute Gasteiger partial charge is 0.340 e. The Morgan fingerprint density at radius 1 is 1.39 bits per heavy atom. The van der Waals surface area contributed by atoms with Gasteiger partial charge in [0.25, 0.3) is 0 Å². The third kappa shape index (κ3) is 5.44. The SMILES string of the molecule is N#CCCN(CCC#N)C(=O)CSC1=NCCS1. The second-order valence-corrected chi connectivity index (χ2v) is 5.79. The van der Waals surface area contributed by atoms with Crippen molar-refractivity contribution in [2.75, 3.05) is 31.1 Å². The highest BCUT2D eigenvalue weighted by Gasteiger charge is 2.15. The molecule has 1 heterocycles. The van der Waals surface area contributed by atoms with Crippen LogP contribution in [0.25, 0.3) is 0 Å². The summed E-state index contributed by atoms with van der Waals surface area (Å²) in [4.78, 5) is 17.8. The van der Waals surface area contributed by atoms with Crippen molar-refractivity contribution in [2.45, 2.75) is 12.8 Å². The van der Waals surface area contributed by atoms with Crippen LogP contribution in [0.2, 0.25) is 0 Å². The molecule has 0 aromatic heterocycles. The fourth-order valence-electron chi connectivity index (χ4n) is 1.35. The molecule has 0 unspecified atom stereocenters. The Labute approximate surface area is 115 Å². The Morgan fingerprint density at radius 2 is 2.06 bits per heavy atom. The average Bonchev–Trinajstić information content (AvgIpc) is 2.89. The molecule has 96 valence electrons. The van der Waals surface area contributed by atoms with Gasteiger partial charge in [-0.1, -0.05) is 23.5 Å². The van der Waals surface area contributed by atoms with Crippen LogP contribution in [0.4, 0.5) is 0 Å². The molecule has 1 aliphatic heterocycles. The van der Waals surface area contributed by atoms with E-state index in [-0.39, 0.29) is 5.91 Å². The van der Waals surface area contributed by atoms with E-state index >= 15 is 0 Å². The highest BCUT2D eigenvalue weighted by molar-refractivity contribution is 8.39. The first-order chi connectivity index (χ1) is 8.77. The molecule has 0 radical (unpaired) electrons. The molecule has 0 bridgehead atoms. The zero-order chi connectivity index (χ0) is 13.2. The van der Waals surface area contributed by atoms with Crippen LogP contribution in [-0.2, 0) is 4.79 Å². The molecule has 0 fully saturated rings. The quantitative estimate of drug-likeness (QED) is 0.737. The molecule has 0 saturated carbocycles. The fraction of sp³-hybridized carbons (Fsp3) is 0.636. The number of carbonyl (C=O) groups excluding carboxylic acids is 1. The first kappa shape index (κ1) is 14.9. The summed E-state index contributed by atoms with van der Waals surface area (Å²) < 4.78 is 0.962. The van der Waals surface area contributed by atoms with Crippen molar-refractivity contribution in [1.82, 2.24) is 4.90 Å². The second-order valence-electron chi connectivity index (χ2n) is 3.48. The average molecular weight is 282 g/mol. The molecule has 0 aromatic carbocycles. The van der Waals surface area contributed by atoms with E-state index < -0.39 is 0 Å². The summed E-state index contributed by atoms with van der Waals surface area (Å²) in [5.74, 6) is 1.30. The number of nitriles is 2. The molecule has 0 aliphatic carbocycles. The number of nitrogens with zero attached hydrogens (tertiary/aromatic N) is 4. The Kier molecular flexibility index (Phi) is 7.31. The number of carbonyl (C=O) groups is 1. The fourth-order valence-corrected chi connectivity index (χ4v) is 3.26. The van der Waals surface area contributed by atoms with Gasteiger partial charge in [-0.15, -0.1) is 0 Å². The summed E-state index contributed by atoms with van der Waals surface area (Å²) in [5.41, 5.74) is 0. The highest BCUT2D eigenvalue weighted by Crippen LogP contribution is 2.22. The molecule has 5 nitrogen and oxygen atoms in total. The number of hydrogen-bond acceptors (Lipinski definition) is 6. The smallest absolute Gasteiger partial charge is 0.233 e. The Morgan fingerprint density at radius 3 is 2.56 bits per heavy atom. The van der Waals surface area contributed by atoms with E-state index in [0.29, 0.717) is 31.7 Å². The molecule has 0 spiro atoms. The van der Waals surface area contributed by atoms with Crippen molar-refractivity contribution in [1.29, 1.82) is 10.5 Å². The minimum absolute atomic E-state index is 0.0271. The molecule has 7 heteroatoms. The third-order valence-corrected chi connectivity index (χ3v) is 4.45. The summed E-state index contributed by atoms with van der Waals surface area (Å²) in [7, 11) is 0. The lowest BCUT2D eigenvalue weighted by Gasteiger charge is -2.19. The Balaban J connectivity index is 2.37. The van der Waals surface area contributed by atoms with Crippen molar-refractivity contribution < 1.29 is 4.79 Å². The standard InChI is InChI=1S/C11H14N4OS2/c12-3-1-6-15(7-2-4-13)10(16)9-18-11-14-5-8-17-11/h1-2,5-9H2. The lowest BCUT2D eigenvalue weighted by atomic mass is 10.3. The van der Waals surface area contributed by atoms with Crippen LogP contribution < -0.4 is 0 Å². The van der Waals surface area contributed by atoms with Gasteiger partial charge in [-0.3, -0.25) is 9.79 Å². The van der Waals surface area contributed by atoms with E-state index in [1.54, 1.807) is 16.7 Å². The van der Waals surface area contributed by atoms with Crippen LogP contribution in [-0.4, -0.2) is 46.3 Å². The van der Waals surface area contributed by atoms with Gasteiger partial charge in [0, 0.05) is 18.8 Å². The molecule has 1 rings (SSSR count). The van der Waals surface area contributed by atoms with E-state index in [4.69, 9.17) is 10.5 Å². The molecule has 1 aliphatic rings. The van der Waals surface area contributed by atoms with Crippen molar-refractivity contribution in [2.24, 2.45) is 4.99 Å². The van der Waals surface area contributed by atoms with Crippen LogP contribution in [0.1, 0.15) is 12.8 Å².